The molecule has 2 atom stereocenters. The summed E-state index contributed by atoms with van der Waals surface area (Å²) in [5, 5.41) is 8.09. The third-order valence-electron chi connectivity index (χ3n) is 5.51. The maximum Gasteiger partial charge on any atom is 0.262 e. The average Bonchev–Trinajstić information content (AvgIpc) is 2.81. The van der Waals surface area contributed by atoms with Gasteiger partial charge in [0.15, 0.2) is 6.10 Å². The van der Waals surface area contributed by atoms with E-state index >= 15 is 0 Å². The standard InChI is InChI=1S/C25H27N3O3/c1-3-14-26-25(30)23-16-28(21-10-6-7-11-22(21)31-23)17(2)24(29)27-20-13-12-18-8-4-5-9-19(18)15-20/h4-13,15,17,23H,3,14,16H2,1-2H3,(H,26,30)(H,27,29)/t17-,23+/m0/s1. The van der Waals surface area contributed by atoms with Crippen molar-refractivity contribution in [2.24, 2.45) is 0 Å². The molecule has 6 heteroatoms. The van der Waals surface area contributed by atoms with E-state index in [1.54, 1.807) is 0 Å². The van der Waals surface area contributed by atoms with Gasteiger partial charge in [-0.1, -0.05) is 49.4 Å². The molecule has 0 unspecified atom stereocenters. The van der Waals surface area contributed by atoms with Gasteiger partial charge in [0.25, 0.3) is 5.91 Å². The molecule has 3 aromatic carbocycles. The first-order valence-corrected chi connectivity index (χ1v) is 10.7. The normalized spacial score (nSPS) is 16.2. The zero-order chi connectivity index (χ0) is 21.8. The van der Waals surface area contributed by atoms with E-state index in [1.165, 1.54) is 0 Å². The molecule has 0 aromatic heterocycles. The number of hydrogen-bond donors (Lipinski definition) is 2. The predicted octanol–water partition coefficient (Wildman–Crippen LogP) is 3.96. The number of fused-ring (bicyclic) bond motifs is 2. The molecule has 0 spiro atoms. The zero-order valence-electron chi connectivity index (χ0n) is 17.8. The van der Waals surface area contributed by atoms with Crippen molar-refractivity contribution in [3.63, 3.8) is 0 Å². The molecule has 1 heterocycles. The number of benzene rings is 3. The van der Waals surface area contributed by atoms with Crippen LogP contribution in [-0.4, -0.2) is 37.0 Å². The average molecular weight is 418 g/mol. The molecule has 0 fully saturated rings. The van der Waals surface area contributed by atoms with Crippen molar-refractivity contribution in [2.45, 2.75) is 32.4 Å². The first-order valence-electron chi connectivity index (χ1n) is 10.7. The number of nitrogens with one attached hydrogen (secondary N) is 2. The summed E-state index contributed by atoms with van der Waals surface area (Å²) in [4.78, 5) is 27.6. The van der Waals surface area contributed by atoms with Crippen molar-refractivity contribution in [1.29, 1.82) is 0 Å². The molecule has 6 nitrogen and oxygen atoms in total. The summed E-state index contributed by atoms with van der Waals surface area (Å²) >= 11 is 0. The van der Waals surface area contributed by atoms with E-state index in [9.17, 15) is 9.59 Å². The van der Waals surface area contributed by atoms with Gasteiger partial charge in [0, 0.05) is 12.2 Å². The highest BCUT2D eigenvalue weighted by Crippen LogP contribution is 2.34. The number of nitrogens with zero attached hydrogens (tertiary/aromatic N) is 1. The highest BCUT2D eigenvalue weighted by atomic mass is 16.5. The van der Waals surface area contributed by atoms with Gasteiger partial charge in [-0.15, -0.1) is 0 Å². The van der Waals surface area contributed by atoms with Gasteiger partial charge < -0.3 is 20.3 Å². The summed E-state index contributed by atoms with van der Waals surface area (Å²) in [6.07, 6.45) is 0.181. The van der Waals surface area contributed by atoms with Crippen LogP contribution in [0.2, 0.25) is 0 Å². The van der Waals surface area contributed by atoms with Crippen molar-refractivity contribution in [1.82, 2.24) is 5.32 Å². The van der Waals surface area contributed by atoms with Crippen molar-refractivity contribution in [3.8, 4) is 5.75 Å². The SMILES string of the molecule is CCCNC(=O)[C@H]1CN([C@@H](C)C(=O)Nc2ccc3ccccc3c2)c2ccccc2O1. The second-order valence-electron chi connectivity index (χ2n) is 7.74. The number of carbonyl (C=O) groups is 2. The topological polar surface area (TPSA) is 70.7 Å². The van der Waals surface area contributed by atoms with Gasteiger partial charge in [0.05, 0.1) is 12.2 Å². The summed E-state index contributed by atoms with van der Waals surface area (Å²) in [5.74, 6) is 0.305. The second-order valence-corrected chi connectivity index (χ2v) is 7.74. The van der Waals surface area contributed by atoms with Crippen LogP contribution >= 0.6 is 0 Å². The minimum atomic E-state index is -0.669. The van der Waals surface area contributed by atoms with Crippen LogP contribution in [0.5, 0.6) is 5.75 Å². The van der Waals surface area contributed by atoms with Gasteiger partial charge in [-0.25, -0.2) is 0 Å². The minimum absolute atomic E-state index is 0.139. The Morgan fingerprint density at radius 3 is 2.61 bits per heavy atom. The van der Waals surface area contributed by atoms with Crippen LogP contribution in [0.3, 0.4) is 0 Å². The Morgan fingerprint density at radius 1 is 1.06 bits per heavy atom. The lowest BCUT2D eigenvalue weighted by Crippen LogP contribution is -2.54. The Kier molecular flexibility index (Phi) is 6.07. The van der Waals surface area contributed by atoms with Gasteiger partial charge >= 0.3 is 0 Å². The maximum atomic E-state index is 13.1. The second kappa shape index (κ2) is 9.08. The van der Waals surface area contributed by atoms with Crippen LogP contribution < -0.4 is 20.3 Å². The molecule has 2 N–H and O–H groups in total. The largest absolute Gasteiger partial charge is 0.477 e. The third kappa shape index (κ3) is 4.48. The van der Waals surface area contributed by atoms with E-state index in [2.05, 4.69) is 10.6 Å². The molecule has 0 radical (unpaired) electrons. The monoisotopic (exact) mass is 417 g/mol. The van der Waals surface area contributed by atoms with Crippen LogP contribution in [0.15, 0.2) is 66.7 Å². The molecule has 160 valence electrons. The van der Waals surface area contributed by atoms with Gasteiger partial charge in [-0.05, 0) is 48.4 Å². The molecule has 0 bridgehead atoms. The van der Waals surface area contributed by atoms with Crippen molar-refractivity contribution < 1.29 is 14.3 Å². The van der Waals surface area contributed by atoms with E-state index in [0.717, 1.165) is 28.6 Å². The molecule has 0 saturated heterocycles. The number of ether oxygens (including phenoxy) is 1. The van der Waals surface area contributed by atoms with E-state index in [1.807, 2.05) is 85.5 Å². The number of hydrogen-bond acceptors (Lipinski definition) is 4. The molecule has 0 aliphatic carbocycles. The Hall–Kier alpha value is -3.54. The van der Waals surface area contributed by atoms with Crippen LogP contribution in [-0.2, 0) is 9.59 Å². The molecule has 2 amide bonds. The Labute approximate surface area is 182 Å². The molecule has 31 heavy (non-hydrogen) atoms. The van der Waals surface area contributed by atoms with Crippen LogP contribution in [0.25, 0.3) is 10.8 Å². The Bertz CT molecular complexity index is 1100. The highest BCUT2D eigenvalue weighted by molar-refractivity contribution is 5.99. The smallest absolute Gasteiger partial charge is 0.262 e. The van der Waals surface area contributed by atoms with Crippen LogP contribution in [0, 0.1) is 0 Å². The van der Waals surface area contributed by atoms with Crippen molar-refractivity contribution in [3.05, 3.63) is 66.7 Å². The molecule has 1 aliphatic rings. The van der Waals surface area contributed by atoms with Crippen LogP contribution in [0.1, 0.15) is 20.3 Å². The quantitative estimate of drug-likeness (QED) is 0.637. The third-order valence-corrected chi connectivity index (χ3v) is 5.51. The fourth-order valence-corrected chi connectivity index (χ4v) is 3.78. The van der Waals surface area contributed by atoms with Crippen molar-refractivity contribution >= 4 is 34.0 Å². The lowest BCUT2D eigenvalue weighted by molar-refractivity contribution is -0.128. The first-order chi connectivity index (χ1) is 15.1. The zero-order valence-corrected chi connectivity index (χ0v) is 17.8. The molecular formula is C25H27N3O3. The summed E-state index contributed by atoms with van der Waals surface area (Å²) in [5.41, 5.74) is 1.55. The Morgan fingerprint density at radius 2 is 1.81 bits per heavy atom. The molecule has 4 rings (SSSR count). The van der Waals surface area contributed by atoms with Gasteiger partial charge in [0.1, 0.15) is 11.8 Å². The number of rotatable bonds is 6. The Balaban J connectivity index is 1.54. The number of amides is 2. The number of para-hydroxylation sites is 2. The highest BCUT2D eigenvalue weighted by Gasteiger charge is 2.34. The van der Waals surface area contributed by atoms with Gasteiger partial charge in [0.2, 0.25) is 5.91 Å². The summed E-state index contributed by atoms with van der Waals surface area (Å²) < 4.78 is 5.93. The maximum absolute atomic E-state index is 13.1. The van der Waals surface area contributed by atoms with E-state index < -0.39 is 12.1 Å². The van der Waals surface area contributed by atoms with Crippen molar-refractivity contribution in [2.75, 3.05) is 23.3 Å². The summed E-state index contributed by atoms with van der Waals surface area (Å²) in [6.45, 7) is 4.75. The predicted molar refractivity (Wildman–Crippen MR) is 124 cm³/mol. The molecule has 0 saturated carbocycles. The molecule has 1 aliphatic heterocycles. The first kappa shape index (κ1) is 20.7. The molecular weight excluding hydrogens is 390 g/mol. The van der Waals surface area contributed by atoms with Crippen LogP contribution in [0.4, 0.5) is 11.4 Å². The van der Waals surface area contributed by atoms with E-state index in [-0.39, 0.29) is 11.8 Å². The fourth-order valence-electron chi connectivity index (χ4n) is 3.78. The van der Waals surface area contributed by atoms with Gasteiger partial charge in [-0.2, -0.15) is 0 Å². The number of anilines is 2. The van der Waals surface area contributed by atoms with E-state index in [0.29, 0.717) is 18.8 Å². The lowest BCUT2D eigenvalue weighted by Gasteiger charge is -2.38. The fraction of sp³-hybridized carbons (Fsp3) is 0.280. The van der Waals surface area contributed by atoms with E-state index in [4.69, 9.17) is 4.74 Å². The minimum Gasteiger partial charge on any atom is -0.477 e. The number of carbonyl (C=O) groups excluding carboxylic acids is 2. The molecule has 3 aromatic rings. The summed E-state index contributed by atoms with van der Waals surface area (Å²) in [6, 6.07) is 20.9. The van der Waals surface area contributed by atoms with Gasteiger partial charge in [-0.3, -0.25) is 9.59 Å². The summed E-state index contributed by atoms with van der Waals surface area (Å²) in [7, 11) is 0. The lowest BCUT2D eigenvalue weighted by atomic mass is 10.1.